The normalized spacial score (nSPS) is 28.4. The van der Waals surface area contributed by atoms with Gasteiger partial charge in [0.2, 0.25) is 0 Å². The van der Waals surface area contributed by atoms with E-state index in [2.05, 4.69) is 17.1 Å². The van der Waals surface area contributed by atoms with Crippen LogP contribution in [-0.2, 0) is 0 Å². The van der Waals surface area contributed by atoms with Crippen LogP contribution in [0.3, 0.4) is 0 Å². The summed E-state index contributed by atoms with van der Waals surface area (Å²) in [5.41, 5.74) is 0.561. The molecular formula is C14H28N2O. The average molecular weight is 240 g/mol. The van der Waals surface area contributed by atoms with E-state index in [1.54, 1.807) is 0 Å². The van der Waals surface area contributed by atoms with E-state index in [1.807, 2.05) is 7.05 Å². The number of nitrogens with zero attached hydrogens (tertiary/aromatic N) is 1. The summed E-state index contributed by atoms with van der Waals surface area (Å²) in [4.78, 5) is 2.52. The summed E-state index contributed by atoms with van der Waals surface area (Å²) in [6.45, 7) is 5.72. The van der Waals surface area contributed by atoms with Crippen LogP contribution in [0.2, 0.25) is 0 Å². The number of hydrogen-bond donors (Lipinski definition) is 2. The van der Waals surface area contributed by atoms with Crippen LogP contribution >= 0.6 is 0 Å². The van der Waals surface area contributed by atoms with Crippen molar-refractivity contribution in [1.82, 2.24) is 10.2 Å². The molecule has 0 aromatic rings. The summed E-state index contributed by atoms with van der Waals surface area (Å²) in [6.07, 6.45) is 8.57. The highest BCUT2D eigenvalue weighted by molar-refractivity contribution is 4.92. The van der Waals surface area contributed by atoms with E-state index in [4.69, 9.17) is 0 Å². The van der Waals surface area contributed by atoms with Crippen molar-refractivity contribution < 1.29 is 5.11 Å². The zero-order valence-corrected chi connectivity index (χ0v) is 11.5. The number of nitrogens with one attached hydrogen (secondary N) is 1. The minimum absolute atomic E-state index is 0.139. The highest BCUT2D eigenvalue weighted by Gasteiger charge is 2.38. The predicted molar refractivity (Wildman–Crippen MR) is 71.1 cm³/mol. The third-order valence-electron chi connectivity index (χ3n) is 5.11. The molecule has 2 aliphatic rings. The van der Waals surface area contributed by atoms with Gasteiger partial charge in [-0.1, -0.05) is 12.8 Å². The minimum atomic E-state index is -0.139. The standard InChI is InChI=1S/C14H28N2O/c1-13(12-17,15-2)11-16-9-7-14(8-10-16)5-3-4-6-14/h15,17H,3-12H2,1-2H3. The number of likely N-dealkylation sites (tertiary alicyclic amines) is 1. The Morgan fingerprint density at radius 2 is 1.76 bits per heavy atom. The summed E-state index contributed by atoms with van der Waals surface area (Å²) in [5, 5.41) is 12.7. The van der Waals surface area contributed by atoms with Crippen molar-refractivity contribution in [3.63, 3.8) is 0 Å². The van der Waals surface area contributed by atoms with Crippen LogP contribution in [-0.4, -0.2) is 48.8 Å². The van der Waals surface area contributed by atoms with Gasteiger partial charge in [-0.2, -0.15) is 0 Å². The van der Waals surface area contributed by atoms with Gasteiger partial charge in [0.15, 0.2) is 0 Å². The fourth-order valence-corrected chi connectivity index (χ4v) is 3.51. The molecule has 0 aromatic carbocycles. The minimum Gasteiger partial charge on any atom is -0.394 e. The fourth-order valence-electron chi connectivity index (χ4n) is 3.51. The second kappa shape index (κ2) is 5.25. The third-order valence-corrected chi connectivity index (χ3v) is 5.11. The highest BCUT2D eigenvalue weighted by Crippen LogP contribution is 2.46. The van der Waals surface area contributed by atoms with E-state index in [0.717, 1.165) is 6.54 Å². The van der Waals surface area contributed by atoms with Gasteiger partial charge in [-0.25, -0.2) is 0 Å². The van der Waals surface area contributed by atoms with Crippen LogP contribution in [0.4, 0.5) is 0 Å². The first kappa shape index (κ1) is 13.3. The smallest absolute Gasteiger partial charge is 0.0623 e. The number of aliphatic hydroxyl groups excluding tert-OH is 1. The van der Waals surface area contributed by atoms with Gasteiger partial charge in [-0.05, 0) is 58.2 Å². The van der Waals surface area contributed by atoms with Crippen LogP contribution in [0.5, 0.6) is 0 Å². The third kappa shape index (κ3) is 3.01. The molecule has 17 heavy (non-hydrogen) atoms. The van der Waals surface area contributed by atoms with E-state index in [1.165, 1.54) is 51.6 Å². The summed E-state index contributed by atoms with van der Waals surface area (Å²) >= 11 is 0. The number of likely N-dealkylation sites (N-methyl/N-ethyl adjacent to an activating group) is 1. The topological polar surface area (TPSA) is 35.5 Å². The molecule has 0 bridgehead atoms. The number of rotatable bonds is 4. The van der Waals surface area contributed by atoms with Crippen LogP contribution < -0.4 is 5.32 Å². The summed E-state index contributed by atoms with van der Waals surface area (Å²) in [5.74, 6) is 0. The summed E-state index contributed by atoms with van der Waals surface area (Å²) in [7, 11) is 1.94. The molecule has 2 N–H and O–H groups in total. The Morgan fingerprint density at radius 1 is 1.18 bits per heavy atom. The lowest BCUT2D eigenvalue weighted by atomic mass is 9.77. The lowest BCUT2D eigenvalue weighted by Crippen LogP contribution is -2.54. The van der Waals surface area contributed by atoms with Gasteiger partial charge >= 0.3 is 0 Å². The summed E-state index contributed by atoms with van der Waals surface area (Å²) < 4.78 is 0. The Morgan fingerprint density at radius 3 is 2.24 bits per heavy atom. The number of piperidine rings is 1. The molecular weight excluding hydrogens is 212 g/mol. The molecule has 1 saturated heterocycles. The van der Waals surface area contributed by atoms with E-state index in [0.29, 0.717) is 5.41 Å². The lowest BCUT2D eigenvalue weighted by Gasteiger charge is -2.42. The van der Waals surface area contributed by atoms with Crippen molar-refractivity contribution in [1.29, 1.82) is 0 Å². The average Bonchev–Trinajstić information content (AvgIpc) is 2.81. The molecule has 1 atom stereocenters. The SMILES string of the molecule is CNC(C)(CO)CN1CCC2(CCCC2)CC1. The van der Waals surface area contributed by atoms with Gasteiger partial charge in [-0.15, -0.1) is 0 Å². The first-order valence-electron chi connectivity index (χ1n) is 7.14. The van der Waals surface area contributed by atoms with Crippen LogP contribution in [0, 0.1) is 5.41 Å². The molecule has 1 unspecified atom stereocenters. The largest absolute Gasteiger partial charge is 0.394 e. The van der Waals surface area contributed by atoms with Crippen molar-refractivity contribution in [2.24, 2.45) is 5.41 Å². The molecule has 0 radical (unpaired) electrons. The van der Waals surface area contributed by atoms with Gasteiger partial charge in [0.1, 0.15) is 0 Å². The van der Waals surface area contributed by atoms with Crippen LogP contribution in [0.1, 0.15) is 45.4 Å². The Kier molecular flexibility index (Phi) is 4.11. The molecule has 1 spiro atoms. The Bertz CT molecular complexity index is 235. The van der Waals surface area contributed by atoms with Gasteiger partial charge in [-0.3, -0.25) is 0 Å². The molecule has 2 fully saturated rings. The highest BCUT2D eigenvalue weighted by atomic mass is 16.3. The maximum absolute atomic E-state index is 9.43. The molecule has 100 valence electrons. The van der Waals surface area contributed by atoms with Crippen molar-refractivity contribution in [2.45, 2.75) is 51.0 Å². The van der Waals surface area contributed by atoms with Crippen LogP contribution in [0.25, 0.3) is 0 Å². The Balaban J connectivity index is 1.82. The molecule has 1 aliphatic heterocycles. The molecule has 3 heteroatoms. The molecule has 1 aliphatic carbocycles. The molecule has 2 rings (SSSR count). The quantitative estimate of drug-likeness (QED) is 0.784. The van der Waals surface area contributed by atoms with Gasteiger partial charge in [0.05, 0.1) is 12.1 Å². The van der Waals surface area contributed by atoms with E-state index in [9.17, 15) is 5.11 Å². The monoisotopic (exact) mass is 240 g/mol. The molecule has 0 amide bonds. The first-order valence-corrected chi connectivity index (χ1v) is 7.14. The summed E-state index contributed by atoms with van der Waals surface area (Å²) in [6, 6.07) is 0. The van der Waals surface area contributed by atoms with Gasteiger partial charge < -0.3 is 15.3 Å². The molecule has 1 saturated carbocycles. The van der Waals surface area contributed by atoms with E-state index in [-0.39, 0.29) is 12.1 Å². The second-order valence-electron chi connectivity index (χ2n) is 6.45. The molecule has 0 aromatic heterocycles. The first-order chi connectivity index (χ1) is 8.11. The van der Waals surface area contributed by atoms with Crippen molar-refractivity contribution >= 4 is 0 Å². The van der Waals surface area contributed by atoms with E-state index < -0.39 is 0 Å². The maximum atomic E-state index is 9.43. The van der Waals surface area contributed by atoms with Crippen LogP contribution in [0.15, 0.2) is 0 Å². The predicted octanol–water partition coefficient (Wildman–Crippen LogP) is 1.61. The maximum Gasteiger partial charge on any atom is 0.0623 e. The van der Waals surface area contributed by atoms with Gasteiger partial charge in [0, 0.05) is 6.54 Å². The lowest BCUT2D eigenvalue weighted by molar-refractivity contribution is 0.0678. The van der Waals surface area contributed by atoms with Crippen molar-refractivity contribution in [2.75, 3.05) is 33.3 Å². The fraction of sp³-hybridized carbons (Fsp3) is 1.00. The number of aliphatic hydroxyl groups is 1. The Hall–Kier alpha value is -0.120. The van der Waals surface area contributed by atoms with Crippen molar-refractivity contribution in [3.8, 4) is 0 Å². The second-order valence-corrected chi connectivity index (χ2v) is 6.45. The zero-order valence-electron chi connectivity index (χ0n) is 11.5. The Labute approximate surface area is 106 Å². The van der Waals surface area contributed by atoms with Crippen molar-refractivity contribution in [3.05, 3.63) is 0 Å². The zero-order chi connectivity index (χ0) is 12.4. The number of hydrogen-bond acceptors (Lipinski definition) is 3. The van der Waals surface area contributed by atoms with E-state index >= 15 is 0 Å². The molecule has 1 heterocycles. The van der Waals surface area contributed by atoms with Gasteiger partial charge in [0.25, 0.3) is 0 Å². The molecule has 3 nitrogen and oxygen atoms in total.